The molecule has 2 aromatic rings. The molecule has 0 spiro atoms. The van der Waals surface area contributed by atoms with Gasteiger partial charge in [0.15, 0.2) is 0 Å². The SMILES string of the molecule is CCCNCCNC(=O)c1cccc(NS(=O)(=O)c2ccc(C)c(F)c2)c1. The topological polar surface area (TPSA) is 87.3 Å². The van der Waals surface area contributed by atoms with Gasteiger partial charge in [0.1, 0.15) is 5.82 Å². The summed E-state index contributed by atoms with van der Waals surface area (Å²) in [4.78, 5) is 12.0. The van der Waals surface area contributed by atoms with Crippen molar-refractivity contribution in [1.29, 1.82) is 0 Å². The molecule has 0 unspecified atom stereocenters. The molecule has 146 valence electrons. The minimum absolute atomic E-state index is 0.178. The molecule has 2 aromatic carbocycles. The lowest BCUT2D eigenvalue weighted by molar-refractivity contribution is 0.0954. The normalized spacial score (nSPS) is 11.2. The van der Waals surface area contributed by atoms with E-state index in [1.807, 2.05) is 0 Å². The third-order valence-corrected chi connectivity index (χ3v) is 5.22. The van der Waals surface area contributed by atoms with E-state index in [4.69, 9.17) is 0 Å². The van der Waals surface area contributed by atoms with Crippen LogP contribution in [0.3, 0.4) is 0 Å². The first-order chi connectivity index (χ1) is 12.8. The van der Waals surface area contributed by atoms with Gasteiger partial charge < -0.3 is 10.6 Å². The zero-order valence-electron chi connectivity index (χ0n) is 15.4. The Kier molecular flexibility index (Phi) is 7.32. The molecule has 1 amide bonds. The lowest BCUT2D eigenvalue weighted by atomic mass is 10.2. The highest BCUT2D eigenvalue weighted by atomic mass is 32.2. The number of benzene rings is 2. The predicted octanol–water partition coefficient (Wildman–Crippen LogP) is 2.66. The molecule has 0 atom stereocenters. The van der Waals surface area contributed by atoms with Crippen molar-refractivity contribution in [3.8, 4) is 0 Å². The summed E-state index contributed by atoms with van der Waals surface area (Å²) in [5, 5.41) is 5.94. The number of carbonyl (C=O) groups excluding carboxylic acids is 1. The Morgan fingerprint density at radius 3 is 2.56 bits per heavy atom. The van der Waals surface area contributed by atoms with Crippen molar-refractivity contribution in [1.82, 2.24) is 10.6 Å². The van der Waals surface area contributed by atoms with Gasteiger partial charge in [0.05, 0.1) is 4.90 Å². The van der Waals surface area contributed by atoms with Gasteiger partial charge in [-0.2, -0.15) is 0 Å². The molecule has 0 aliphatic rings. The first-order valence-electron chi connectivity index (χ1n) is 8.71. The molecule has 0 radical (unpaired) electrons. The van der Waals surface area contributed by atoms with E-state index < -0.39 is 15.8 Å². The number of carbonyl (C=O) groups is 1. The van der Waals surface area contributed by atoms with E-state index in [-0.39, 0.29) is 16.5 Å². The standard InChI is InChI=1S/C19H24FN3O3S/c1-3-9-21-10-11-22-19(24)15-5-4-6-16(12-15)23-27(25,26)17-8-7-14(2)18(20)13-17/h4-8,12-13,21,23H,3,9-11H2,1-2H3,(H,22,24). The van der Waals surface area contributed by atoms with Gasteiger partial charge in [-0.05, 0) is 55.8 Å². The van der Waals surface area contributed by atoms with Crippen LogP contribution >= 0.6 is 0 Å². The van der Waals surface area contributed by atoms with Crippen LogP contribution in [-0.4, -0.2) is 34.0 Å². The minimum atomic E-state index is -3.95. The van der Waals surface area contributed by atoms with Gasteiger partial charge in [0.25, 0.3) is 15.9 Å². The molecule has 0 aliphatic carbocycles. The molecule has 3 N–H and O–H groups in total. The summed E-state index contributed by atoms with van der Waals surface area (Å²) in [5.41, 5.74) is 0.926. The fourth-order valence-electron chi connectivity index (χ4n) is 2.35. The van der Waals surface area contributed by atoms with E-state index in [0.29, 0.717) is 24.2 Å². The van der Waals surface area contributed by atoms with E-state index >= 15 is 0 Å². The summed E-state index contributed by atoms with van der Waals surface area (Å²) >= 11 is 0. The van der Waals surface area contributed by atoms with Crippen molar-refractivity contribution in [2.75, 3.05) is 24.4 Å². The molecule has 0 aromatic heterocycles. The van der Waals surface area contributed by atoms with Gasteiger partial charge in [-0.15, -0.1) is 0 Å². The van der Waals surface area contributed by atoms with Gasteiger partial charge in [0.2, 0.25) is 0 Å². The molecule has 0 saturated heterocycles. The summed E-state index contributed by atoms with van der Waals surface area (Å²) < 4.78 is 40.9. The summed E-state index contributed by atoms with van der Waals surface area (Å²) in [7, 11) is -3.95. The van der Waals surface area contributed by atoms with Crippen molar-refractivity contribution < 1.29 is 17.6 Å². The Bertz CT molecular complexity index is 901. The molecule has 27 heavy (non-hydrogen) atoms. The Labute approximate surface area is 159 Å². The second-order valence-corrected chi connectivity index (χ2v) is 7.79. The molecule has 0 saturated carbocycles. The maximum absolute atomic E-state index is 13.7. The zero-order chi connectivity index (χ0) is 19.9. The molecule has 0 fully saturated rings. The summed E-state index contributed by atoms with van der Waals surface area (Å²) in [5.74, 6) is -0.890. The van der Waals surface area contributed by atoms with Crippen LogP contribution < -0.4 is 15.4 Å². The highest BCUT2D eigenvalue weighted by molar-refractivity contribution is 7.92. The average molecular weight is 393 g/mol. The number of aryl methyl sites for hydroxylation is 1. The monoisotopic (exact) mass is 393 g/mol. The van der Waals surface area contributed by atoms with Gasteiger partial charge in [-0.25, -0.2) is 12.8 Å². The molecule has 2 rings (SSSR count). The number of amides is 1. The minimum Gasteiger partial charge on any atom is -0.351 e. The Morgan fingerprint density at radius 1 is 1.07 bits per heavy atom. The largest absolute Gasteiger partial charge is 0.351 e. The maximum Gasteiger partial charge on any atom is 0.261 e. The van der Waals surface area contributed by atoms with E-state index in [0.717, 1.165) is 19.0 Å². The highest BCUT2D eigenvalue weighted by Gasteiger charge is 2.16. The average Bonchev–Trinajstić information content (AvgIpc) is 2.63. The van der Waals surface area contributed by atoms with E-state index in [1.54, 1.807) is 19.1 Å². The fourth-order valence-corrected chi connectivity index (χ4v) is 3.41. The van der Waals surface area contributed by atoms with Crippen molar-refractivity contribution in [2.45, 2.75) is 25.2 Å². The number of nitrogens with one attached hydrogen (secondary N) is 3. The Hall–Kier alpha value is -2.45. The van der Waals surface area contributed by atoms with Crippen LogP contribution in [0.4, 0.5) is 10.1 Å². The van der Waals surface area contributed by atoms with Crippen molar-refractivity contribution in [3.05, 3.63) is 59.4 Å². The Balaban J connectivity index is 2.06. The second kappa shape index (κ2) is 9.48. The smallest absolute Gasteiger partial charge is 0.261 e. The number of hydrogen-bond acceptors (Lipinski definition) is 4. The zero-order valence-corrected chi connectivity index (χ0v) is 16.2. The molecular formula is C19H24FN3O3S. The number of anilines is 1. The third-order valence-electron chi connectivity index (χ3n) is 3.84. The summed E-state index contributed by atoms with van der Waals surface area (Å²) in [6.45, 7) is 5.62. The highest BCUT2D eigenvalue weighted by Crippen LogP contribution is 2.19. The summed E-state index contributed by atoms with van der Waals surface area (Å²) in [6, 6.07) is 9.85. The first-order valence-corrected chi connectivity index (χ1v) is 10.2. The van der Waals surface area contributed by atoms with Gasteiger partial charge in [0, 0.05) is 24.3 Å². The number of sulfonamides is 1. The molecule has 0 bridgehead atoms. The molecular weight excluding hydrogens is 369 g/mol. The van der Waals surface area contributed by atoms with Gasteiger partial charge in [-0.3, -0.25) is 9.52 Å². The third kappa shape index (κ3) is 6.04. The van der Waals surface area contributed by atoms with Crippen LogP contribution in [0, 0.1) is 12.7 Å². The molecule has 8 heteroatoms. The van der Waals surface area contributed by atoms with Crippen LogP contribution in [0.5, 0.6) is 0 Å². The van der Waals surface area contributed by atoms with E-state index in [2.05, 4.69) is 22.3 Å². The number of hydrogen-bond donors (Lipinski definition) is 3. The van der Waals surface area contributed by atoms with Crippen molar-refractivity contribution in [3.63, 3.8) is 0 Å². The fraction of sp³-hybridized carbons (Fsp3) is 0.316. The van der Waals surface area contributed by atoms with E-state index in [1.165, 1.54) is 24.3 Å². The van der Waals surface area contributed by atoms with E-state index in [9.17, 15) is 17.6 Å². The summed E-state index contributed by atoms with van der Waals surface area (Å²) in [6.07, 6.45) is 1.01. The Morgan fingerprint density at radius 2 is 1.85 bits per heavy atom. The molecule has 0 heterocycles. The lowest BCUT2D eigenvalue weighted by Crippen LogP contribution is -2.32. The number of halogens is 1. The lowest BCUT2D eigenvalue weighted by Gasteiger charge is -2.11. The van der Waals surface area contributed by atoms with Crippen LogP contribution in [0.15, 0.2) is 47.4 Å². The van der Waals surface area contributed by atoms with Gasteiger partial charge in [-0.1, -0.05) is 19.1 Å². The maximum atomic E-state index is 13.7. The molecule has 0 aliphatic heterocycles. The van der Waals surface area contributed by atoms with Crippen LogP contribution in [0.1, 0.15) is 29.3 Å². The quantitative estimate of drug-likeness (QED) is 0.572. The van der Waals surface area contributed by atoms with Crippen LogP contribution in [0.25, 0.3) is 0 Å². The predicted molar refractivity (Wildman–Crippen MR) is 104 cm³/mol. The van der Waals surface area contributed by atoms with Crippen molar-refractivity contribution >= 4 is 21.6 Å². The van der Waals surface area contributed by atoms with Crippen molar-refractivity contribution in [2.24, 2.45) is 0 Å². The van der Waals surface area contributed by atoms with Gasteiger partial charge >= 0.3 is 0 Å². The number of rotatable bonds is 9. The van der Waals surface area contributed by atoms with Crippen LogP contribution in [0.2, 0.25) is 0 Å². The molecule has 6 nitrogen and oxygen atoms in total. The first kappa shape index (κ1) is 20.9. The van der Waals surface area contributed by atoms with Crippen LogP contribution in [-0.2, 0) is 10.0 Å². The second-order valence-electron chi connectivity index (χ2n) is 6.10.